The van der Waals surface area contributed by atoms with Crippen LogP contribution < -0.4 is 13.2 Å². The number of rotatable bonds is 7. The fourth-order valence-electron chi connectivity index (χ4n) is 5.52. The molecular weight excluding hydrogens is 765 g/mol. The van der Waals surface area contributed by atoms with Crippen molar-refractivity contribution in [3.8, 4) is 0 Å². The summed E-state index contributed by atoms with van der Waals surface area (Å²) >= 11 is -5.81. The first-order valence-corrected chi connectivity index (χ1v) is 29.2. The molecule has 17 heteroatoms. The van der Waals surface area contributed by atoms with E-state index in [1.165, 1.54) is 0 Å². The van der Waals surface area contributed by atoms with Crippen molar-refractivity contribution < 1.29 is 65.9 Å². The molecule has 0 spiro atoms. The van der Waals surface area contributed by atoms with Crippen LogP contribution in [0.25, 0.3) is 0 Å². The average molecular weight is 780 g/mol. The van der Waals surface area contributed by atoms with Crippen molar-refractivity contribution in [3.63, 3.8) is 0 Å². The Bertz CT molecular complexity index is 1300. The molecular formula is C24H15F15GeSn. The van der Waals surface area contributed by atoms with Gasteiger partial charge in [-0.25, -0.2) is 0 Å². The van der Waals surface area contributed by atoms with Crippen LogP contribution in [0, 0.1) is 87.3 Å². The molecule has 0 nitrogen and oxygen atoms in total. The van der Waals surface area contributed by atoms with Gasteiger partial charge in [0.15, 0.2) is 0 Å². The van der Waals surface area contributed by atoms with E-state index in [0.29, 0.717) is 0 Å². The van der Waals surface area contributed by atoms with Gasteiger partial charge in [0.05, 0.1) is 0 Å². The van der Waals surface area contributed by atoms with Gasteiger partial charge in [0.2, 0.25) is 0 Å². The number of benzene rings is 3. The molecule has 3 rings (SSSR count). The monoisotopic (exact) mass is 782 g/mol. The summed E-state index contributed by atoms with van der Waals surface area (Å²) in [6.45, 7) is 3.27. The van der Waals surface area contributed by atoms with Gasteiger partial charge in [-0.15, -0.1) is 0 Å². The molecule has 0 heterocycles. The third-order valence-corrected chi connectivity index (χ3v) is 79.6. The van der Waals surface area contributed by atoms with Crippen LogP contribution in [0.1, 0.15) is 20.8 Å². The molecule has 224 valence electrons. The summed E-state index contributed by atoms with van der Waals surface area (Å²) < 4.78 is 215. The zero-order valence-electron chi connectivity index (χ0n) is 20.8. The molecule has 0 fully saturated rings. The van der Waals surface area contributed by atoms with Crippen molar-refractivity contribution in [2.24, 2.45) is 0 Å². The van der Waals surface area contributed by atoms with Crippen molar-refractivity contribution in [2.45, 2.75) is 34.1 Å². The van der Waals surface area contributed by atoms with Crippen LogP contribution in [-0.4, -0.2) is 26.0 Å². The van der Waals surface area contributed by atoms with Gasteiger partial charge in [-0.3, -0.25) is 0 Å². The maximum absolute atomic E-state index is 15.6. The fourth-order valence-corrected chi connectivity index (χ4v) is 80.5. The fraction of sp³-hybridized carbons (Fsp3) is 0.250. The second-order valence-corrected chi connectivity index (χ2v) is 54.6. The van der Waals surface area contributed by atoms with Crippen molar-refractivity contribution in [3.05, 3.63) is 87.3 Å². The Kier molecular flexibility index (Phi) is 9.43. The van der Waals surface area contributed by atoms with Gasteiger partial charge in [-0.1, -0.05) is 0 Å². The second kappa shape index (κ2) is 11.6. The first kappa shape index (κ1) is 33.5. The molecule has 41 heavy (non-hydrogen) atoms. The van der Waals surface area contributed by atoms with E-state index >= 15 is 26.3 Å². The van der Waals surface area contributed by atoms with Crippen molar-refractivity contribution in [1.82, 2.24) is 0 Å². The Hall–Kier alpha value is -2.05. The number of hydrogen-bond donors (Lipinski definition) is 0. The van der Waals surface area contributed by atoms with Gasteiger partial charge < -0.3 is 0 Å². The predicted octanol–water partition coefficient (Wildman–Crippen LogP) is 6.83. The summed E-state index contributed by atoms with van der Waals surface area (Å²) in [5, 5.41) is 0. The van der Waals surface area contributed by atoms with E-state index in [4.69, 9.17) is 0 Å². The van der Waals surface area contributed by atoms with Gasteiger partial charge >= 0.3 is 226 Å². The van der Waals surface area contributed by atoms with E-state index in [9.17, 15) is 39.5 Å². The molecule has 0 atom stereocenters. The number of halogens is 15. The van der Waals surface area contributed by atoms with Crippen LogP contribution >= 0.6 is 0 Å². The summed E-state index contributed by atoms with van der Waals surface area (Å²) in [6.07, 6.45) is 0. The van der Waals surface area contributed by atoms with Crippen molar-refractivity contribution in [2.75, 3.05) is 0 Å². The minimum absolute atomic E-state index is 0.597. The van der Waals surface area contributed by atoms with Crippen molar-refractivity contribution in [1.29, 1.82) is 0 Å². The zero-order valence-corrected chi connectivity index (χ0v) is 25.7. The summed E-state index contributed by atoms with van der Waals surface area (Å²) in [5.41, 5.74) is 0. The normalized spacial score (nSPS) is 12.4. The second-order valence-electron chi connectivity index (χ2n) is 8.93. The van der Waals surface area contributed by atoms with Gasteiger partial charge in [0, 0.05) is 0 Å². The SMILES string of the molecule is C[CH2][Sn]([CH2]C)([CH2]C)[Ge]([c]1c(F)c(F)c(F)c(F)c1F)([c]1c(F)c(F)c(F)c(F)c1F)[c]1c(F)c(F)c(F)c(F)c1F. The standard InChI is InChI=1S/C18F15Ge.3C2H5.Sn/c19-1-4(22)10(28)16(11(29)5(1)23)34(17-12(30)6(24)2(20)7(25)13(17)31)18-14(32)8(26)3(21)9(27)15(18)33;3*1-2;/h;3*1H2,2H3;. The van der Waals surface area contributed by atoms with Crippen LogP contribution in [0.2, 0.25) is 13.3 Å². The van der Waals surface area contributed by atoms with E-state index in [2.05, 4.69) is 0 Å². The van der Waals surface area contributed by atoms with Crippen LogP contribution in [-0.2, 0) is 0 Å². The molecule has 3 aromatic carbocycles. The van der Waals surface area contributed by atoms with E-state index in [-0.39, 0.29) is 0 Å². The van der Waals surface area contributed by atoms with Gasteiger partial charge in [-0.2, -0.15) is 0 Å². The molecule has 0 saturated carbocycles. The summed E-state index contributed by atoms with van der Waals surface area (Å²) in [5.74, 6) is -43.5. The van der Waals surface area contributed by atoms with Crippen LogP contribution in [0.4, 0.5) is 65.9 Å². The maximum atomic E-state index is 15.6. The predicted molar refractivity (Wildman–Crippen MR) is 121 cm³/mol. The molecule has 0 amide bonds. The first-order valence-electron chi connectivity index (χ1n) is 11.5. The van der Waals surface area contributed by atoms with Crippen LogP contribution in [0.15, 0.2) is 0 Å². The molecule has 0 saturated heterocycles. The zero-order chi connectivity index (χ0) is 31.5. The van der Waals surface area contributed by atoms with E-state index in [1.807, 2.05) is 0 Å². The number of hydrogen-bond acceptors (Lipinski definition) is 0. The molecule has 0 N–H and O–H groups in total. The summed E-state index contributed by atoms with van der Waals surface area (Å²) in [4.78, 5) is 0. The Morgan fingerprint density at radius 2 is 0.463 bits per heavy atom. The molecule has 0 bridgehead atoms. The Labute approximate surface area is 225 Å². The third-order valence-electron chi connectivity index (χ3n) is 7.58. The molecule has 0 aliphatic rings. The van der Waals surface area contributed by atoms with E-state index in [1.54, 1.807) is 0 Å². The molecule has 0 aromatic heterocycles. The average Bonchev–Trinajstić information content (AvgIpc) is 2.96. The van der Waals surface area contributed by atoms with Gasteiger partial charge in [0.25, 0.3) is 0 Å². The van der Waals surface area contributed by atoms with Crippen molar-refractivity contribution >= 4 is 39.2 Å². The quantitative estimate of drug-likeness (QED) is 0.107. The molecule has 0 unspecified atom stereocenters. The minimum atomic E-state index is -7.56. The molecule has 0 radical (unpaired) electrons. The molecule has 3 aromatic rings. The van der Waals surface area contributed by atoms with Gasteiger partial charge in [0.1, 0.15) is 0 Å². The van der Waals surface area contributed by atoms with Crippen LogP contribution in [0.5, 0.6) is 0 Å². The topological polar surface area (TPSA) is 0 Å². The van der Waals surface area contributed by atoms with E-state index < -0.39 is 140 Å². The first-order chi connectivity index (χ1) is 19.0. The summed E-state index contributed by atoms with van der Waals surface area (Å²) in [6, 6.07) is 0. The van der Waals surface area contributed by atoms with Gasteiger partial charge in [-0.05, 0) is 0 Å². The van der Waals surface area contributed by atoms with Crippen LogP contribution in [0.3, 0.4) is 0 Å². The summed E-state index contributed by atoms with van der Waals surface area (Å²) in [7, 11) is -7.56. The Morgan fingerprint density at radius 3 is 0.610 bits per heavy atom. The molecule has 0 aliphatic heterocycles. The Balaban J connectivity index is 3.06. The Morgan fingerprint density at radius 1 is 0.317 bits per heavy atom. The van der Waals surface area contributed by atoms with E-state index in [0.717, 1.165) is 20.8 Å². The molecule has 0 aliphatic carbocycles. The third kappa shape index (κ3) is 4.37.